The number of aromatic nitrogens is 1. The summed E-state index contributed by atoms with van der Waals surface area (Å²) in [6.45, 7) is 1.49. The summed E-state index contributed by atoms with van der Waals surface area (Å²) in [7, 11) is 0. The Labute approximate surface area is 134 Å². The molecule has 0 aliphatic heterocycles. The summed E-state index contributed by atoms with van der Waals surface area (Å²) < 4.78 is 0. The molecular formula is C17H16N4O2. The Bertz CT molecular complexity index is 738. The molecule has 0 saturated carbocycles. The molecule has 0 aliphatic rings. The van der Waals surface area contributed by atoms with Crippen molar-refractivity contribution in [3.8, 4) is 6.07 Å². The summed E-state index contributed by atoms with van der Waals surface area (Å²) in [4.78, 5) is 29.3. The van der Waals surface area contributed by atoms with Gasteiger partial charge < -0.3 is 10.2 Å². The second-order valence-corrected chi connectivity index (χ2v) is 4.83. The van der Waals surface area contributed by atoms with Crippen LogP contribution >= 0.6 is 0 Å². The molecular weight excluding hydrogens is 292 g/mol. The van der Waals surface area contributed by atoms with Crippen molar-refractivity contribution in [2.75, 3.05) is 11.4 Å². The molecule has 0 atom stereocenters. The first-order chi connectivity index (χ1) is 11.1. The molecule has 6 nitrogen and oxygen atoms in total. The van der Waals surface area contributed by atoms with Crippen molar-refractivity contribution >= 4 is 17.5 Å². The first-order valence-electron chi connectivity index (χ1n) is 7.05. The Balaban J connectivity index is 2.06. The summed E-state index contributed by atoms with van der Waals surface area (Å²) in [5.74, 6) is -0.626. The number of nitrogens with one attached hydrogen (secondary N) is 1. The number of pyridine rings is 1. The highest BCUT2D eigenvalue weighted by Gasteiger charge is 2.18. The highest BCUT2D eigenvalue weighted by Crippen LogP contribution is 2.19. The minimum Gasteiger partial charge on any atom is -0.349 e. The van der Waals surface area contributed by atoms with Crippen LogP contribution in [0.4, 0.5) is 5.69 Å². The van der Waals surface area contributed by atoms with Crippen LogP contribution in [-0.4, -0.2) is 23.3 Å². The van der Waals surface area contributed by atoms with Gasteiger partial charge in [0.1, 0.15) is 12.6 Å². The highest BCUT2D eigenvalue weighted by molar-refractivity contribution is 5.98. The lowest BCUT2D eigenvalue weighted by Crippen LogP contribution is -2.40. The Morgan fingerprint density at radius 1 is 1.22 bits per heavy atom. The first kappa shape index (κ1) is 16.2. The molecule has 0 spiro atoms. The third kappa shape index (κ3) is 4.38. The number of nitriles is 1. The van der Waals surface area contributed by atoms with E-state index in [0.717, 1.165) is 5.69 Å². The van der Waals surface area contributed by atoms with Crippen molar-refractivity contribution in [3.05, 3.63) is 59.9 Å². The van der Waals surface area contributed by atoms with Crippen LogP contribution in [0.2, 0.25) is 0 Å². The van der Waals surface area contributed by atoms with Gasteiger partial charge in [0.15, 0.2) is 0 Å². The third-order valence-electron chi connectivity index (χ3n) is 3.19. The topological polar surface area (TPSA) is 86.1 Å². The van der Waals surface area contributed by atoms with Gasteiger partial charge in [-0.2, -0.15) is 5.26 Å². The second kappa shape index (κ2) is 7.71. The number of rotatable bonds is 5. The maximum absolute atomic E-state index is 12.1. The normalized spacial score (nSPS) is 9.74. The number of para-hydroxylation sites is 1. The van der Waals surface area contributed by atoms with Crippen molar-refractivity contribution in [3.63, 3.8) is 0 Å². The second-order valence-electron chi connectivity index (χ2n) is 4.83. The predicted molar refractivity (Wildman–Crippen MR) is 85.3 cm³/mol. The minimum atomic E-state index is -0.321. The first-order valence-corrected chi connectivity index (χ1v) is 7.05. The molecule has 2 rings (SSSR count). The zero-order valence-electron chi connectivity index (χ0n) is 12.7. The number of hydrogen-bond donors (Lipinski definition) is 1. The molecule has 6 heteroatoms. The number of carbonyl (C=O) groups is 2. The highest BCUT2D eigenvalue weighted by atomic mass is 16.2. The molecule has 2 amide bonds. The molecule has 23 heavy (non-hydrogen) atoms. The van der Waals surface area contributed by atoms with E-state index in [9.17, 15) is 9.59 Å². The van der Waals surface area contributed by atoms with Gasteiger partial charge in [-0.15, -0.1) is 0 Å². The zero-order valence-corrected chi connectivity index (χ0v) is 12.7. The molecule has 0 fully saturated rings. The average molecular weight is 308 g/mol. The number of amides is 2. The summed E-state index contributed by atoms with van der Waals surface area (Å²) in [6, 6.07) is 14.1. The molecule has 0 radical (unpaired) electrons. The lowest BCUT2D eigenvalue weighted by molar-refractivity contribution is -0.123. The van der Waals surface area contributed by atoms with Crippen LogP contribution in [0.15, 0.2) is 48.7 Å². The molecule has 1 heterocycles. The molecule has 1 aromatic heterocycles. The predicted octanol–water partition coefficient (Wildman–Crippen LogP) is 1.62. The number of benzene rings is 1. The van der Waals surface area contributed by atoms with Gasteiger partial charge in [-0.25, -0.2) is 0 Å². The largest absolute Gasteiger partial charge is 0.349 e. The van der Waals surface area contributed by atoms with Gasteiger partial charge in [0.2, 0.25) is 11.8 Å². The van der Waals surface area contributed by atoms with Crippen molar-refractivity contribution in [2.24, 2.45) is 0 Å². The van der Waals surface area contributed by atoms with E-state index in [2.05, 4.69) is 10.3 Å². The lowest BCUT2D eigenvalue weighted by atomic mass is 10.1. The van der Waals surface area contributed by atoms with E-state index in [4.69, 9.17) is 5.26 Å². The van der Waals surface area contributed by atoms with Gasteiger partial charge >= 0.3 is 0 Å². The maximum Gasteiger partial charge on any atom is 0.240 e. The number of anilines is 1. The van der Waals surface area contributed by atoms with Crippen LogP contribution in [0.25, 0.3) is 0 Å². The van der Waals surface area contributed by atoms with Gasteiger partial charge in [-0.05, 0) is 24.3 Å². The smallest absolute Gasteiger partial charge is 0.240 e. The van der Waals surface area contributed by atoms with Crippen molar-refractivity contribution < 1.29 is 9.59 Å². The van der Waals surface area contributed by atoms with E-state index in [1.807, 2.05) is 12.1 Å². The lowest BCUT2D eigenvalue weighted by Gasteiger charge is -2.21. The van der Waals surface area contributed by atoms with Crippen LogP contribution < -0.4 is 10.2 Å². The number of nitrogens with zero attached hydrogens (tertiary/aromatic N) is 3. The molecule has 116 valence electrons. The number of carbonyl (C=O) groups excluding carboxylic acids is 2. The molecule has 0 aliphatic carbocycles. The molecule has 0 saturated heterocycles. The SMILES string of the molecule is CC(=O)N(CC(=O)NCc1ccccn1)c1ccccc1C#N. The van der Waals surface area contributed by atoms with Gasteiger partial charge in [0.25, 0.3) is 0 Å². The van der Waals surface area contributed by atoms with E-state index in [0.29, 0.717) is 11.3 Å². The Hall–Kier alpha value is -3.20. The molecule has 1 aromatic carbocycles. The summed E-state index contributed by atoms with van der Waals surface area (Å²) in [6.07, 6.45) is 1.65. The summed E-state index contributed by atoms with van der Waals surface area (Å²) in [5.41, 5.74) is 1.50. The Morgan fingerprint density at radius 2 is 1.96 bits per heavy atom. The minimum absolute atomic E-state index is 0.152. The summed E-state index contributed by atoms with van der Waals surface area (Å²) in [5, 5.41) is 11.9. The fraction of sp³-hybridized carbons (Fsp3) is 0.176. The van der Waals surface area contributed by atoms with Gasteiger partial charge in [0.05, 0.1) is 23.5 Å². The van der Waals surface area contributed by atoms with Crippen LogP contribution in [0.1, 0.15) is 18.2 Å². The van der Waals surface area contributed by atoms with Crippen LogP contribution in [0.5, 0.6) is 0 Å². The third-order valence-corrected chi connectivity index (χ3v) is 3.19. The van der Waals surface area contributed by atoms with Crippen molar-refractivity contribution in [1.82, 2.24) is 10.3 Å². The quantitative estimate of drug-likeness (QED) is 0.909. The van der Waals surface area contributed by atoms with Crippen molar-refractivity contribution in [2.45, 2.75) is 13.5 Å². The molecule has 1 N–H and O–H groups in total. The van der Waals surface area contributed by atoms with Gasteiger partial charge in [0, 0.05) is 13.1 Å². The van der Waals surface area contributed by atoms with E-state index < -0.39 is 0 Å². The standard InChI is InChI=1S/C17H16N4O2/c1-13(22)21(16-8-3-2-6-14(16)10-18)12-17(23)20-11-15-7-4-5-9-19-15/h2-9H,11-12H2,1H3,(H,20,23). The van der Waals surface area contributed by atoms with Gasteiger partial charge in [-0.3, -0.25) is 14.6 Å². The Kier molecular flexibility index (Phi) is 5.42. The van der Waals surface area contributed by atoms with Crippen LogP contribution in [0.3, 0.4) is 0 Å². The van der Waals surface area contributed by atoms with E-state index in [1.165, 1.54) is 11.8 Å². The fourth-order valence-electron chi connectivity index (χ4n) is 2.06. The van der Waals surface area contributed by atoms with Crippen LogP contribution in [0, 0.1) is 11.3 Å². The van der Waals surface area contributed by atoms with E-state index in [-0.39, 0.29) is 24.9 Å². The van der Waals surface area contributed by atoms with Gasteiger partial charge in [-0.1, -0.05) is 18.2 Å². The monoisotopic (exact) mass is 308 g/mol. The number of hydrogen-bond acceptors (Lipinski definition) is 4. The maximum atomic E-state index is 12.1. The molecule has 0 unspecified atom stereocenters. The van der Waals surface area contributed by atoms with E-state index >= 15 is 0 Å². The van der Waals surface area contributed by atoms with Crippen LogP contribution in [-0.2, 0) is 16.1 Å². The fourth-order valence-corrected chi connectivity index (χ4v) is 2.06. The Morgan fingerprint density at radius 3 is 2.61 bits per heavy atom. The van der Waals surface area contributed by atoms with E-state index in [1.54, 1.807) is 42.6 Å². The average Bonchev–Trinajstić information content (AvgIpc) is 2.58. The molecule has 0 bridgehead atoms. The van der Waals surface area contributed by atoms with Crippen molar-refractivity contribution in [1.29, 1.82) is 5.26 Å². The summed E-state index contributed by atoms with van der Waals surface area (Å²) >= 11 is 0. The molecule has 2 aromatic rings. The zero-order chi connectivity index (χ0) is 16.7.